The van der Waals surface area contributed by atoms with Gasteiger partial charge in [-0.1, -0.05) is 37.6 Å². The van der Waals surface area contributed by atoms with Crippen LogP contribution < -0.4 is 10.2 Å². The van der Waals surface area contributed by atoms with Crippen molar-refractivity contribution in [3.63, 3.8) is 0 Å². The number of carboxylic acid groups (broad SMARTS) is 1. The Morgan fingerprint density at radius 2 is 1.81 bits per heavy atom. The lowest BCUT2D eigenvalue weighted by Crippen LogP contribution is -2.38. The molecule has 232 valence electrons. The Balaban J connectivity index is 1.93. The maximum Gasteiger partial charge on any atom is 0.490 e. The number of hydrogen-bond donors (Lipinski definition) is 2. The second kappa shape index (κ2) is 12.5. The minimum atomic E-state index is -5.22. The number of carboxylic acids is 1. The van der Waals surface area contributed by atoms with E-state index in [-0.39, 0.29) is 58.2 Å². The number of esters is 1. The number of halogens is 5. The number of pyridine rings is 1. The predicted molar refractivity (Wildman–Crippen MR) is 148 cm³/mol. The number of rotatable bonds is 9. The summed E-state index contributed by atoms with van der Waals surface area (Å²) >= 11 is 5.96. The van der Waals surface area contributed by atoms with Gasteiger partial charge >= 0.3 is 18.1 Å². The van der Waals surface area contributed by atoms with Crippen LogP contribution in [0.15, 0.2) is 41.3 Å². The third-order valence-electron chi connectivity index (χ3n) is 7.34. The van der Waals surface area contributed by atoms with Gasteiger partial charge in [0.05, 0.1) is 23.2 Å². The number of aromatic nitrogens is 1. The molecule has 1 aromatic heterocycles. The number of carbonyl (C=O) groups excluding carboxylic acids is 1. The second-order valence-electron chi connectivity index (χ2n) is 10.8. The molecular formula is C29H29ClF4N2O7. The van der Waals surface area contributed by atoms with E-state index in [1.54, 1.807) is 25.8 Å². The summed E-state index contributed by atoms with van der Waals surface area (Å²) in [4.78, 5) is 38.6. The summed E-state index contributed by atoms with van der Waals surface area (Å²) in [5.41, 5.74) is -0.929. The molecule has 2 N–H and O–H groups in total. The molecule has 1 aliphatic rings. The third-order valence-corrected chi connectivity index (χ3v) is 7.63. The van der Waals surface area contributed by atoms with Crippen molar-refractivity contribution >= 4 is 34.4 Å². The zero-order chi connectivity index (χ0) is 31.8. The van der Waals surface area contributed by atoms with Gasteiger partial charge in [0.15, 0.2) is 6.10 Å². The number of fused-ring (bicyclic) bond motifs is 1. The van der Waals surface area contributed by atoms with Crippen molar-refractivity contribution in [2.24, 2.45) is 5.92 Å². The molecule has 2 heterocycles. The van der Waals surface area contributed by atoms with E-state index in [1.807, 2.05) is 0 Å². The lowest BCUT2D eigenvalue weighted by molar-refractivity contribution is -0.206. The molecule has 14 heteroatoms. The van der Waals surface area contributed by atoms with Crippen LogP contribution in [0.25, 0.3) is 10.9 Å². The van der Waals surface area contributed by atoms with Gasteiger partial charge in [-0.25, -0.2) is 14.0 Å². The van der Waals surface area contributed by atoms with Crippen LogP contribution in [-0.4, -0.2) is 76.7 Å². The summed E-state index contributed by atoms with van der Waals surface area (Å²) in [7, 11) is 1.60. The first kappa shape index (κ1) is 32.2. The van der Waals surface area contributed by atoms with Crippen LogP contribution >= 0.6 is 11.6 Å². The molecule has 1 fully saturated rings. The zero-order valence-electron chi connectivity index (χ0n) is 23.3. The van der Waals surface area contributed by atoms with Crippen molar-refractivity contribution in [1.82, 2.24) is 9.47 Å². The van der Waals surface area contributed by atoms with Gasteiger partial charge in [-0.05, 0) is 36.2 Å². The molecule has 0 amide bonds. The van der Waals surface area contributed by atoms with E-state index in [9.17, 15) is 42.2 Å². The fourth-order valence-electron chi connectivity index (χ4n) is 5.12. The molecule has 9 nitrogen and oxygen atoms in total. The summed E-state index contributed by atoms with van der Waals surface area (Å²) in [6, 6.07) is 6.34. The Labute approximate surface area is 248 Å². The Bertz CT molecular complexity index is 1610. The number of ether oxygens (including phenoxy) is 2. The predicted octanol–water partition coefficient (Wildman–Crippen LogP) is 4.44. The number of benzene rings is 2. The average Bonchev–Trinajstić information content (AvgIpc) is 3.26. The summed E-state index contributed by atoms with van der Waals surface area (Å²) in [6.45, 7) is 3.16. The number of likely N-dealkylation sites (N-methyl/N-ethyl adjacent to an activating group) is 1. The lowest BCUT2D eigenvalue weighted by Gasteiger charge is -2.27. The zero-order valence-corrected chi connectivity index (χ0v) is 24.1. The number of aromatic carboxylic acids is 1. The summed E-state index contributed by atoms with van der Waals surface area (Å²) in [6.07, 6.45) is -6.71. The fourth-order valence-corrected chi connectivity index (χ4v) is 5.32. The van der Waals surface area contributed by atoms with Gasteiger partial charge in [-0.2, -0.15) is 13.2 Å². The largest absolute Gasteiger partial charge is 0.490 e. The number of likely N-dealkylation sites (tertiary alicyclic amines) is 1. The van der Waals surface area contributed by atoms with Crippen molar-refractivity contribution in [2.75, 3.05) is 26.7 Å². The molecular weight excluding hydrogens is 600 g/mol. The molecule has 0 radical (unpaired) electrons. The van der Waals surface area contributed by atoms with E-state index < -0.39 is 59.8 Å². The first-order valence-corrected chi connectivity index (χ1v) is 13.6. The van der Waals surface area contributed by atoms with Gasteiger partial charge in [0.25, 0.3) is 0 Å². The monoisotopic (exact) mass is 628 g/mol. The van der Waals surface area contributed by atoms with Crippen LogP contribution in [0, 0.1) is 11.7 Å². The quantitative estimate of drug-likeness (QED) is 0.264. The normalized spacial score (nSPS) is 18.3. The van der Waals surface area contributed by atoms with Crippen LogP contribution in [0.3, 0.4) is 0 Å². The molecule has 4 rings (SSSR count). The topological polar surface area (TPSA) is 118 Å². The summed E-state index contributed by atoms with van der Waals surface area (Å²) in [5, 5.41) is 19.7. The van der Waals surface area contributed by atoms with Crippen molar-refractivity contribution in [3.8, 4) is 5.75 Å². The summed E-state index contributed by atoms with van der Waals surface area (Å²) in [5.74, 6) is -4.82. The van der Waals surface area contributed by atoms with Crippen LogP contribution in [0.1, 0.15) is 41.4 Å². The van der Waals surface area contributed by atoms with E-state index in [4.69, 9.17) is 21.1 Å². The highest BCUT2D eigenvalue weighted by molar-refractivity contribution is 6.30. The van der Waals surface area contributed by atoms with Gasteiger partial charge in [0.2, 0.25) is 5.43 Å². The fraction of sp³-hybridized carbons (Fsp3) is 0.414. The van der Waals surface area contributed by atoms with E-state index >= 15 is 0 Å². The minimum absolute atomic E-state index is 0.0249. The molecule has 1 saturated heterocycles. The van der Waals surface area contributed by atoms with Gasteiger partial charge in [-0.15, -0.1) is 0 Å². The van der Waals surface area contributed by atoms with E-state index in [2.05, 4.69) is 0 Å². The number of aliphatic hydroxyl groups excluding tert-OH is 1. The maximum atomic E-state index is 14.9. The van der Waals surface area contributed by atoms with Gasteiger partial charge in [0.1, 0.15) is 23.2 Å². The van der Waals surface area contributed by atoms with Gasteiger partial charge < -0.3 is 24.3 Å². The van der Waals surface area contributed by atoms with E-state index in [1.165, 1.54) is 34.9 Å². The number of aliphatic hydroxyl groups is 1. The number of hydrogen-bond acceptors (Lipinski definition) is 7. The molecule has 1 unspecified atom stereocenters. The molecule has 43 heavy (non-hydrogen) atoms. The Hall–Kier alpha value is -3.68. The molecule has 2 aromatic carbocycles. The standard InChI is InChI=1S/C29H29ClF4N2O7/c1-14(2)21(13-37)36-10-18(27(39)40)26(38)17-8-16(7-15-5-4-6-19(30)25(15)31)22(9-20(17)36)42-23-11-35(3)12-24(23)43-28(41)29(32,33)34/h4-6,8-10,14,21,23-24,37H,7,11-13H2,1-3H3,(H,39,40)/t21-,23+,24?/m1/s1. The molecule has 0 bridgehead atoms. The third kappa shape index (κ3) is 6.78. The maximum absolute atomic E-state index is 14.9. The Kier molecular flexibility index (Phi) is 9.38. The highest BCUT2D eigenvalue weighted by Gasteiger charge is 2.46. The molecule has 3 atom stereocenters. The van der Waals surface area contributed by atoms with Crippen molar-refractivity contribution < 1.29 is 46.8 Å². The van der Waals surface area contributed by atoms with E-state index in [0.717, 1.165) is 6.20 Å². The average molecular weight is 629 g/mol. The van der Waals surface area contributed by atoms with E-state index in [0.29, 0.717) is 0 Å². The molecule has 0 saturated carbocycles. The van der Waals surface area contributed by atoms with Crippen molar-refractivity contribution in [3.05, 3.63) is 74.3 Å². The van der Waals surface area contributed by atoms with Crippen LogP contribution in [-0.2, 0) is 16.0 Å². The number of carbonyl (C=O) groups is 2. The number of nitrogens with zero attached hydrogens (tertiary/aromatic N) is 2. The summed E-state index contributed by atoms with van der Waals surface area (Å²) < 4.78 is 66.2. The van der Waals surface area contributed by atoms with Crippen LogP contribution in [0.4, 0.5) is 17.6 Å². The first-order chi connectivity index (χ1) is 20.1. The van der Waals surface area contributed by atoms with Crippen LogP contribution in [0.5, 0.6) is 5.75 Å². The highest BCUT2D eigenvalue weighted by Crippen LogP contribution is 2.34. The van der Waals surface area contributed by atoms with Gasteiger partial charge in [-0.3, -0.25) is 9.69 Å². The first-order valence-electron chi connectivity index (χ1n) is 13.2. The number of alkyl halides is 3. The van der Waals surface area contributed by atoms with Crippen molar-refractivity contribution in [1.29, 1.82) is 0 Å². The molecule has 3 aromatic rings. The van der Waals surface area contributed by atoms with Gasteiger partial charge in [0, 0.05) is 37.2 Å². The lowest BCUT2D eigenvalue weighted by atomic mass is 9.98. The Morgan fingerprint density at radius 1 is 1.14 bits per heavy atom. The van der Waals surface area contributed by atoms with Crippen molar-refractivity contribution in [2.45, 2.75) is 44.7 Å². The van der Waals surface area contributed by atoms with Crippen LogP contribution in [0.2, 0.25) is 5.02 Å². The highest BCUT2D eigenvalue weighted by atomic mass is 35.5. The minimum Gasteiger partial charge on any atom is -0.485 e. The second-order valence-corrected chi connectivity index (χ2v) is 11.2. The molecule has 0 spiro atoms. The molecule has 0 aliphatic carbocycles. The molecule has 1 aliphatic heterocycles. The smallest absolute Gasteiger partial charge is 0.485 e. The Morgan fingerprint density at radius 3 is 2.42 bits per heavy atom. The SMILES string of the molecule is CC(C)[C@@H](CO)n1cc(C(=O)O)c(=O)c2cc(Cc3cccc(Cl)c3F)c(O[C@H]3CN(C)CC3OC(=O)C(F)(F)F)cc21.